The number of hydrogen-bond donors (Lipinski definition) is 1. The second kappa shape index (κ2) is 7.89. The van der Waals surface area contributed by atoms with Gasteiger partial charge < -0.3 is 10.1 Å². The molecule has 2 heteroatoms. The van der Waals surface area contributed by atoms with Gasteiger partial charge in [0.05, 0.1) is 0 Å². The molecule has 1 aliphatic heterocycles. The van der Waals surface area contributed by atoms with Gasteiger partial charge in [0.1, 0.15) is 0 Å². The number of nitrogens with one attached hydrogen (secondary N) is 1. The Bertz CT molecular complexity index is 164. The number of allylic oxidation sites excluding steroid dienone is 1. The lowest BCUT2D eigenvalue weighted by Gasteiger charge is -2.26. The number of hydrogen-bond acceptors (Lipinski definition) is 2. The Morgan fingerprint density at radius 2 is 2.13 bits per heavy atom. The molecule has 0 amide bonds. The van der Waals surface area contributed by atoms with E-state index in [1.54, 1.807) is 0 Å². The van der Waals surface area contributed by atoms with Gasteiger partial charge in [0.2, 0.25) is 0 Å². The maximum Gasteiger partial charge on any atom is 0.0480 e. The van der Waals surface area contributed by atoms with E-state index in [2.05, 4.69) is 18.8 Å². The van der Waals surface area contributed by atoms with Gasteiger partial charge >= 0.3 is 0 Å². The van der Waals surface area contributed by atoms with Crippen LogP contribution in [0.4, 0.5) is 0 Å². The summed E-state index contributed by atoms with van der Waals surface area (Å²) in [6, 6.07) is 1.34. The molecule has 0 saturated carbocycles. The summed E-state index contributed by atoms with van der Waals surface area (Å²) in [5.74, 6) is 0. The van der Waals surface area contributed by atoms with Crippen LogP contribution < -0.4 is 5.32 Å². The highest BCUT2D eigenvalue weighted by atomic mass is 16.5. The molecule has 1 atom stereocenters. The monoisotopic (exact) mass is 211 g/mol. The lowest BCUT2D eigenvalue weighted by atomic mass is 10.1. The second-order valence-corrected chi connectivity index (χ2v) is 4.53. The summed E-state index contributed by atoms with van der Waals surface area (Å²) in [7, 11) is 0. The van der Waals surface area contributed by atoms with Gasteiger partial charge in [-0.05, 0) is 39.0 Å². The molecule has 1 fully saturated rings. The molecule has 0 radical (unpaired) electrons. The van der Waals surface area contributed by atoms with Gasteiger partial charge in [-0.25, -0.2) is 0 Å². The quantitative estimate of drug-likeness (QED) is 0.516. The molecule has 1 rings (SSSR count). The minimum Gasteiger partial charge on any atom is -0.381 e. The molecule has 0 aromatic carbocycles. The molecule has 15 heavy (non-hydrogen) atoms. The third-order valence-electron chi connectivity index (χ3n) is 3.04. The van der Waals surface area contributed by atoms with E-state index in [-0.39, 0.29) is 0 Å². The molecular formula is C13H25NO. The zero-order valence-corrected chi connectivity index (χ0v) is 10.0. The zero-order chi connectivity index (χ0) is 10.9. The zero-order valence-electron chi connectivity index (χ0n) is 10.0. The standard InChI is InChI=1S/C13H25NO/c1-3-4-5-6-7-12(2)14-13-8-10-15-11-9-13/h3,12-14H,1,4-11H2,2H3. The highest BCUT2D eigenvalue weighted by Gasteiger charge is 2.15. The van der Waals surface area contributed by atoms with Crippen LogP contribution in [0.1, 0.15) is 45.4 Å². The third-order valence-corrected chi connectivity index (χ3v) is 3.04. The van der Waals surface area contributed by atoms with Crippen LogP contribution in [0, 0.1) is 0 Å². The van der Waals surface area contributed by atoms with E-state index in [0.717, 1.165) is 19.6 Å². The Hall–Kier alpha value is -0.340. The fourth-order valence-corrected chi connectivity index (χ4v) is 2.09. The van der Waals surface area contributed by atoms with Gasteiger partial charge in [-0.1, -0.05) is 12.5 Å². The summed E-state index contributed by atoms with van der Waals surface area (Å²) in [4.78, 5) is 0. The summed E-state index contributed by atoms with van der Waals surface area (Å²) in [5.41, 5.74) is 0. The van der Waals surface area contributed by atoms with Crippen molar-refractivity contribution in [1.82, 2.24) is 5.32 Å². The normalized spacial score (nSPS) is 20.1. The molecule has 2 nitrogen and oxygen atoms in total. The SMILES string of the molecule is C=CCCCCC(C)NC1CCOCC1. The summed E-state index contributed by atoms with van der Waals surface area (Å²) in [6.45, 7) is 7.90. The predicted molar refractivity (Wildman–Crippen MR) is 65.1 cm³/mol. The maximum absolute atomic E-state index is 5.34. The fraction of sp³-hybridized carbons (Fsp3) is 0.846. The predicted octanol–water partition coefficient (Wildman–Crippen LogP) is 2.89. The summed E-state index contributed by atoms with van der Waals surface area (Å²) in [6.07, 6.45) is 9.40. The van der Waals surface area contributed by atoms with Crippen LogP contribution in [-0.4, -0.2) is 25.3 Å². The van der Waals surface area contributed by atoms with E-state index >= 15 is 0 Å². The summed E-state index contributed by atoms with van der Waals surface area (Å²) >= 11 is 0. The molecule has 1 unspecified atom stereocenters. The van der Waals surface area contributed by atoms with Crippen molar-refractivity contribution in [3.63, 3.8) is 0 Å². The van der Waals surface area contributed by atoms with Crippen LogP contribution in [0.25, 0.3) is 0 Å². The first-order valence-corrected chi connectivity index (χ1v) is 6.27. The van der Waals surface area contributed by atoms with Gasteiger partial charge in [-0.3, -0.25) is 0 Å². The van der Waals surface area contributed by atoms with Gasteiger partial charge in [-0.15, -0.1) is 6.58 Å². The molecule has 88 valence electrons. The Morgan fingerprint density at radius 1 is 1.40 bits per heavy atom. The lowest BCUT2D eigenvalue weighted by Crippen LogP contribution is -2.40. The van der Waals surface area contributed by atoms with E-state index < -0.39 is 0 Å². The van der Waals surface area contributed by atoms with Gasteiger partial charge in [0.25, 0.3) is 0 Å². The molecule has 0 aromatic heterocycles. The average Bonchev–Trinajstić information content (AvgIpc) is 2.26. The van der Waals surface area contributed by atoms with E-state index in [1.165, 1.54) is 32.1 Å². The van der Waals surface area contributed by atoms with Crippen LogP contribution in [0.2, 0.25) is 0 Å². The topological polar surface area (TPSA) is 21.3 Å². The van der Waals surface area contributed by atoms with Gasteiger partial charge in [-0.2, -0.15) is 0 Å². The number of unbranched alkanes of at least 4 members (excludes halogenated alkanes) is 2. The van der Waals surface area contributed by atoms with Crippen molar-refractivity contribution in [2.24, 2.45) is 0 Å². The highest BCUT2D eigenvalue weighted by molar-refractivity contribution is 4.74. The van der Waals surface area contributed by atoms with Crippen LogP contribution in [-0.2, 0) is 4.74 Å². The van der Waals surface area contributed by atoms with Crippen LogP contribution in [0.15, 0.2) is 12.7 Å². The minimum absolute atomic E-state index is 0.651. The van der Waals surface area contributed by atoms with Crippen molar-refractivity contribution >= 4 is 0 Å². The smallest absolute Gasteiger partial charge is 0.0480 e. The average molecular weight is 211 g/mol. The van der Waals surface area contributed by atoms with Gasteiger partial charge in [0, 0.05) is 25.3 Å². The van der Waals surface area contributed by atoms with Crippen molar-refractivity contribution in [3.05, 3.63) is 12.7 Å². The number of ether oxygens (including phenoxy) is 1. The molecule has 1 N–H and O–H groups in total. The first-order chi connectivity index (χ1) is 7.33. The molecule has 1 aliphatic rings. The van der Waals surface area contributed by atoms with E-state index in [9.17, 15) is 0 Å². The van der Waals surface area contributed by atoms with Crippen LogP contribution in [0.3, 0.4) is 0 Å². The first-order valence-electron chi connectivity index (χ1n) is 6.27. The molecular weight excluding hydrogens is 186 g/mol. The highest BCUT2D eigenvalue weighted by Crippen LogP contribution is 2.10. The van der Waals surface area contributed by atoms with Crippen LogP contribution >= 0.6 is 0 Å². The third kappa shape index (κ3) is 5.95. The molecule has 0 aromatic rings. The van der Waals surface area contributed by atoms with E-state index in [0.29, 0.717) is 12.1 Å². The fourth-order valence-electron chi connectivity index (χ4n) is 2.09. The largest absolute Gasteiger partial charge is 0.381 e. The minimum atomic E-state index is 0.651. The Labute approximate surface area is 94.1 Å². The molecule has 0 bridgehead atoms. The Morgan fingerprint density at radius 3 is 2.80 bits per heavy atom. The van der Waals surface area contributed by atoms with Crippen molar-refractivity contribution in [2.45, 2.75) is 57.5 Å². The van der Waals surface area contributed by atoms with Crippen molar-refractivity contribution < 1.29 is 4.74 Å². The second-order valence-electron chi connectivity index (χ2n) is 4.53. The molecule has 0 aliphatic carbocycles. The van der Waals surface area contributed by atoms with Crippen molar-refractivity contribution in [3.8, 4) is 0 Å². The Kier molecular flexibility index (Phi) is 6.69. The van der Waals surface area contributed by atoms with Crippen LogP contribution in [0.5, 0.6) is 0 Å². The molecule has 0 spiro atoms. The lowest BCUT2D eigenvalue weighted by molar-refractivity contribution is 0.0751. The summed E-state index contributed by atoms with van der Waals surface area (Å²) < 4.78 is 5.34. The maximum atomic E-state index is 5.34. The van der Waals surface area contributed by atoms with E-state index in [4.69, 9.17) is 4.74 Å². The summed E-state index contributed by atoms with van der Waals surface area (Å²) in [5, 5.41) is 3.69. The first kappa shape index (κ1) is 12.7. The molecule has 1 saturated heterocycles. The number of rotatable bonds is 7. The van der Waals surface area contributed by atoms with Crippen molar-refractivity contribution in [1.29, 1.82) is 0 Å². The van der Waals surface area contributed by atoms with E-state index in [1.807, 2.05) is 6.08 Å². The molecule has 1 heterocycles. The Balaban J connectivity index is 2.01. The van der Waals surface area contributed by atoms with Crippen molar-refractivity contribution in [2.75, 3.05) is 13.2 Å². The van der Waals surface area contributed by atoms with Gasteiger partial charge in [0.15, 0.2) is 0 Å².